The number of rotatable bonds is 3. The number of benzene rings is 1. The predicted molar refractivity (Wildman–Crippen MR) is 78.2 cm³/mol. The number of ether oxygens (including phenoxy) is 1. The Morgan fingerprint density at radius 2 is 2.05 bits per heavy atom. The molecular formula is C14H20ClFN2O2. The predicted octanol–water partition coefficient (Wildman–Crippen LogP) is 2.08. The zero-order valence-corrected chi connectivity index (χ0v) is 12.5. The number of methoxy groups -OCH3 is 1. The van der Waals surface area contributed by atoms with Crippen LogP contribution in [0.2, 0.25) is 0 Å². The van der Waals surface area contributed by atoms with E-state index in [1.165, 1.54) is 19.2 Å². The van der Waals surface area contributed by atoms with Gasteiger partial charge in [0.25, 0.3) is 5.91 Å². The van der Waals surface area contributed by atoms with Crippen LogP contribution in [0.3, 0.4) is 0 Å². The number of nitrogens with one attached hydrogen (secondary N) is 1. The summed E-state index contributed by atoms with van der Waals surface area (Å²) in [7, 11) is 3.36. The molecule has 20 heavy (non-hydrogen) atoms. The highest BCUT2D eigenvalue weighted by Crippen LogP contribution is 2.24. The molecule has 4 nitrogen and oxygen atoms in total. The third kappa shape index (κ3) is 3.41. The summed E-state index contributed by atoms with van der Waals surface area (Å²) >= 11 is 0. The molecule has 1 heterocycles. The van der Waals surface area contributed by atoms with E-state index in [4.69, 9.17) is 4.74 Å². The average molecular weight is 303 g/mol. The fraction of sp³-hybridized carbons (Fsp3) is 0.500. The molecule has 0 saturated carbocycles. The third-order valence-corrected chi connectivity index (χ3v) is 3.60. The van der Waals surface area contributed by atoms with Crippen molar-refractivity contribution in [1.29, 1.82) is 0 Å². The summed E-state index contributed by atoms with van der Waals surface area (Å²) in [6.45, 7) is 1.28. The molecular weight excluding hydrogens is 283 g/mol. The lowest BCUT2D eigenvalue weighted by atomic mass is 10.0. The largest absolute Gasteiger partial charge is 0.496 e. The Hall–Kier alpha value is -1.33. The summed E-state index contributed by atoms with van der Waals surface area (Å²) < 4.78 is 18.9. The van der Waals surface area contributed by atoms with Crippen LogP contribution in [0.1, 0.15) is 23.2 Å². The molecule has 0 aliphatic carbocycles. The van der Waals surface area contributed by atoms with E-state index in [1.807, 2.05) is 7.05 Å². The first-order valence-electron chi connectivity index (χ1n) is 6.46. The van der Waals surface area contributed by atoms with Crippen molar-refractivity contribution in [2.45, 2.75) is 18.9 Å². The number of hydrogen-bond acceptors (Lipinski definition) is 3. The molecule has 1 saturated heterocycles. The van der Waals surface area contributed by atoms with E-state index in [9.17, 15) is 9.18 Å². The summed E-state index contributed by atoms with van der Waals surface area (Å²) in [6.07, 6.45) is 1.78. The van der Waals surface area contributed by atoms with Crippen LogP contribution in [-0.4, -0.2) is 44.1 Å². The van der Waals surface area contributed by atoms with E-state index in [1.54, 1.807) is 11.0 Å². The Morgan fingerprint density at radius 1 is 1.40 bits per heavy atom. The van der Waals surface area contributed by atoms with Crippen LogP contribution in [0, 0.1) is 5.82 Å². The molecule has 2 rings (SSSR count). The second-order valence-corrected chi connectivity index (χ2v) is 4.67. The molecule has 1 amide bonds. The summed E-state index contributed by atoms with van der Waals surface area (Å²) in [5, 5.41) is 3.20. The Balaban J connectivity index is 0.00000200. The maximum absolute atomic E-state index is 13.8. The number of hydrogen-bond donors (Lipinski definition) is 1. The van der Waals surface area contributed by atoms with E-state index < -0.39 is 5.82 Å². The molecule has 1 aromatic carbocycles. The van der Waals surface area contributed by atoms with Crippen LogP contribution in [0.4, 0.5) is 4.39 Å². The highest BCUT2D eigenvalue weighted by molar-refractivity contribution is 5.97. The second kappa shape index (κ2) is 7.45. The molecule has 0 spiro atoms. The Morgan fingerprint density at radius 3 is 2.60 bits per heavy atom. The molecule has 1 aliphatic rings. The topological polar surface area (TPSA) is 41.6 Å². The van der Waals surface area contributed by atoms with Crippen LogP contribution in [0.25, 0.3) is 0 Å². The van der Waals surface area contributed by atoms with E-state index in [-0.39, 0.29) is 23.9 Å². The van der Waals surface area contributed by atoms with Gasteiger partial charge in [-0.2, -0.15) is 0 Å². The SMILES string of the molecule is CNC1CCN(C(=O)c2c(F)cccc2OC)CC1.Cl. The van der Waals surface area contributed by atoms with Crippen molar-refractivity contribution in [3.8, 4) is 5.75 Å². The van der Waals surface area contributed by atoms with Crippen molar-refractivity contribution < 1.29 is 13.9 Å². The first kappa shape index (κ1) is 16.7. The number of piperidine rings is 1. The lowest BCUT2D eigenvalue weighted by molar-refractivity contribution is 0.0699. The first-order chi connectivity index (χ1) is 9.17. The molecule has 0 radical (unpaired) electrons. The molecule has 0 atom stereocenters. The average Bonchev–Trinajstić information content (AvgIpc) is 2.46. The normalized spacial score (nSPS) is 15.7. The van der Waals surface area contributed by atoms with E-state index in [0.717, 1.165) is 12.8 Å². The van der Waals surface area contributed by atoms with Gasteiger partial charge in [-0.3, -0.25) is 4.79 Å². The fourth-order valence-corrected chi connectivity index (χ4v) is 2.41. The number of likely N-dealkylation sites (tertiary alicyclic amines) is 1. The van der Waals surface area contributed by atoms with Crippen molar-refractivity contribution in [3.63, 3.8) is 0 Å². The Labute approximate surface area is 124 Å². The monoisotopic (exact) mass is 302 g/mol. The summed E-state index contributed by atoms with van der Waals surface area (Å²) in [4.78, 5) is 14.1. The maximum atomic E-state index is 13.8. The van der Waals surface area contributed by atoms with Crippen LogP contribution in [0.15, 0.2) is 18.2 Å². The molecule has 112 valence electrons. The number of halogens is 2. The summed E-state index contributed by atoms with van der Waals surface area (Å²) in [6, 6.07) is 4.87. The van der Waals surface area contributed by atoms with E-state index in [0.29, 0.717) is 24.9 Å². The quantitative estimate of drug-likeness (QED) is 0.929. The molecule has 0 unspecified atom stereocenters. The Bertz CT molecular complexity index is 462. The van der Waals surface area contributed by atoms with Gasteiger partial charge in [0.05, 0.1) is 7.11 Å². The number of nitrogens with zero attached hydrogens (tertiary/aromatic N) is 1. The lowest BCUT2D eigenvalue weighted by Crippen LogP contribution is -2.44. The van der Waals surface area contributed by atoms with Crippen LogP contribution in [0.5, 0.6) is 5.75 Å². The van der Waals surface area contributed by atoms with Gasteiger partial charge in [-0.25, -0.2) is 4.39 Å². The molecule has 1 N–H and O–H groups in total. The summed E-state index contributed by atoms with van der Waals surface area (Å²) in [5.74, 6) is -0.523. The van der Waals surface area contributed by atoms with Gasteiger partial charge in [-0.05, 0) is 32.0 Å². The number of carbonyl (C=O) groups is 1. The third-order valence-electron chi connectivity index (χ3n) is 3.60. The maximum Gasteiger partial charge on any atom is 0.260 e. The zero-order valence-electron chi connectivity index (χ0n) is 11.7. The number of amides is 1. The van der Waals surface area contributed by atoms with Crippen molar-refractivity contribution in [3.05, 3.63) is 29.6 Å². The van der Waals surface area contributed by atoms with Crippen LogP contribution in [-0.2, 0) is 0 Å². The van der Waals surface area contributed by atoms with Crippen LogP contribution < -0.4 is 10.1 Å². The minimum atomic E-state index is -0.528. The minimum absolute atomic E-state index is 0. The van der Waals surface area contributed by atoms with Gasteiger partial charge in [0.15, 0.2) is 0 Å². The van der Waals surface area contributed by atoms with E-state index in [2.05, 4.69) is 5.32 Å². The second-order valence-electron chi connectivity index (χ2n) is 4.67. The molecule has 1 aromatic rings. The zero-order chi connectivity index (χ0) is 13.8. The van der Waals surface area contributed by atoms with Gasteiger partial charge in [-0.15, -0.1) is 12.4 Å². The Kier molecular flexibility index (Phi) is 6.23. The van der Waals surface area contributed by atoms with Crippen molar-refractivity contribution in [2.24, 2.45) is 0 Å². The van der Waals surface area contributed by atoms with Gasteiger partial charge in [0.1, 0.15) is 17.1 Å². The first-order valence-corrected chi connectivity index (χ1v) is 6.46. The lowest BCUT2D eigenvalue weighted by Gasteiger charge is -2.32. The highest BCUT2D eigenvalue weighted by atomic mass is 35.5. The van der Waals surface area contributed by atoms with Crippen molar-refractivity contribution in [1.82, 2.24) is 10.2 Å². The van der Waals surface area contributed by atoms with Crippen molar-refractivity contribution in [2.75, 3.05) is 27.2 Å². The van der Waals surface area contributed by atoms with E-state index >= 15 is 0 Å². The van der Waals surface area contributed by atoms with Gasteiger partial charge >= 0.3 is 0 Å². The molecule has 0 aromatic heterocycles. The van der Waals surface area contributed by atoms with Crippen molar-refractivity contribution >= 4 is 18.3 Å². The molecule has 1 aliphatic heterocycles. The summed E-state index contributed by atoms with van der Waals surface area (Å²) in [5.41, 5.74) is 0.0351. The minimum Gasteiger partial charge on any atom is -0.496 e. The molecule has 6 heteroatoms. The van der Waals surface area contributed by atoms with Gasteiger partial charge in [0, 0.05) is 19.1 Å². The molecule has 0 bridgehead atoms. The van der Waals surface area contributed by atoms with Crippen LogP contribution >= 0.6 is 12.4 Å². The smallest absolute Gasteiger partial charge is 0.260 e. The van der Waals surface area contributed by atoms with Gasteiger partial charge in [-0.1, -0.05) is 6.07 Å². The fourth-order valence-electron chi connectivity index (χ4n) is 2.41. The number of carbonyl (C=O) groups excluding carboxylic acids is 1. The van der Waals surface area contributed by atoms with Gasteiger partial charge in [0.2, 0.25) is 0 Å². The highest BCUT2D eigenvalue weighted by Gasteiger charge is 2.26. The standard InChI is InChI=1S/C14H19FN2O2.ClH/c1-16-10-6-8-17(9-7-10)14(18)13-11(15)4-3-5-12(13)19-2;/h3-5,10,16H,6-9H2,1-2H3;1H. The molecule has 1 fully saturated rings. The van der Waals surface area contributed by atoms with Gasteiger partial charge < -0.3 is 15.0 Å².